The Kier molecular flexibility index (Phi) is 5.13. The van der Waals surface area contributed by atoms with Gasteiger partial charge in [-0.3, -0.25) is 4.79 Å². The van der Waals surface area contributed by atoms with Crippen LogP contribution in [0.4, 0.5) is 18.9 Å². The maximum Gasteiger partial charge on any atom is 0.416 e. The maximum atomic E-state index is 12.6. The summed E-state index contributed by atoms with van der Waals surface area (Å²) >= 11 is 1.26. The molecule has 3 aromatic rings. The van der Waals surface area contributed by atoms with Crippen molar-refractivity contribution in [2.24, 2.45) is 0 Å². The summed E-state index contributed by atoms with van der Waals surface area (Å²) in [5.41, 5.74) is 0.328. The van der Waals surface area contributed by atoms with Crippen molar-refractivity contribution in [3.05, 3.63) is 60.4 Å². The van der Waals surface area contributed by atoms with Crippen molar-refractivity contribution >= 4 is 34.3 Å². The fraction of sp³-hybridized carbons (Fsp3) is 0.167. The predicted octanol–water partition coefficient (Wildman–Crippen LogP) is 4.77. The van der Waals surface area contributed by atoms with Crippen LogP contribution in [0.1, 0.15) is 12.5 Å². The van der Waals surface area contributed by atoms with Crippen molar-refractivity contribution in [3.8, 4) is 0 Å². The Labute approximate surface area is 151 Å². The summed E-state index contributed by atoms with van der Waals surface area (Å²) in [6.07, 6.45) is -2.97. The van der Waals surface area contributed by atoms with Crippen LogP contribution < -0.4 is 5.32 Å². The van der Waals surface area contributed by atoms with Crippen molar-refractivity contribution in [1.29, 1.82) is 0 Å². The van der Waals surface area contributed by atoms with Gasteiger partial charge in [0, 0.05) is 11.1 Å². The highest BCUT2D eigenvalue weighted by Crippen LogP contribution is 2.31. The lowest BCUT2D eigenvalue weighted by molar-refractivity contribution is -0.137. The number of para-hydroxylation sites is 1. The van der Waals surface area contributed by atoms with Crippen LogP contribution in [0.25, 0.3) is 10.9 Å². The molecular formula is C18H14F3N3OS. The first-order chi connectivity index (χ1) is 12.3. The molecule has 0 saturated carbocycles. The minimum absolute atomic E-state index is 0.308. The van der Waals surface area contributed by atoms with Crippen molar-refractivity contribution in [2.45, 2.75) is 23.4 Å². The molecule has 0 bridgehead atoms. The zero-order valence-corrected chi connectivity index (χ0v) is 14.4. The Morgan fingerprint density at radius 3 is 2.46 bits per heavy atom. The number of hydrogen-bond donors (Lipinski definition) is 1. The lowest BCUT2D eigenvalue weighted by atomic mass is 10.2. The fourth-order valence-electron chi connectivity index (χ4n) is 2.28. The molecule has 0 aliphatic rings. The summed E-state index contributed by atoms with van der Waals surface area (Å²) in [7, 11) is 0. The first-order valence-electron chi connectivity index (χ1n) is 7.69. The predicted molar refractivity (Wildman–Crippen MR) is 94.9 cm³/mol. The van der Waals surface area contributed by atoms with E-state index < -0.39 is 17.0 Å². The second-order valence-electron chi connectivity index (χ2n) is 5.52. The third-order valence-corrected chi connectivity index (χ3v) is 4.76. The number of benzene rings is 2. The lowest BCUT2D eigenvalue weighted by Gasteiger charge is -2.13. The average Bonchev–Trinajstić information content (AvgIpc) is 2.61. The van der Waals surface area contributed by atoms with Crippen molar-refractivity contribution in [2.75, 3.05) is 5.32 Å². The van der Waals surface area contributed by atoms with Crippen LogP contribution in [0, 0.1) is 0 Å². The lowest BCUT2D eigenvalue weighted by Crippen LogP contribution is -2.22. The molecule has 26 heavy (non-hydrogen) atoms. The van der Waals surface area contributed by atoms with Crippen LogP contribution in [0.15, 0.2) is 59.9 Å². The Bertz CT molecular complexity index is 924. The number of carbonyl (C=O) groups excluding carboxylic acids is 1. The van der Waals surface area contributed by atoms with Gasteiger partial charge in [0.1, 0.15) is 11.4 Å². The van der Waals surface area contributed by atoms with E-state index in [4.69, 9.17) is 0 Å². The number of rotatable bonds is 4. The van der Waals surface area contributed by atoms with Gasteiger partial charge in [-0.1, -0.05) is 30.0 Å². The van der Waals surface area contributed by atoms with E-state index in [-0.39, 0.29) is 5.91 Å². The number of nitrogens with one attached hydrogen (secondary N) is 1. The van der Waals surface area contributed by atoms with Gasteiger partial charge in [-0.2, -0.15) is 13.2 Å². The van der Waals surface area contributed by atoms with Crippen molar-refractivity contribution in [1.82, 2.24) is 9.97 Å². The largest absolute Gasteiger partial charge is 0.416 e. The van der Waals surface area contributed by atoms with Crippen molar-refractivity contribution in [3.63, 3.8) is 0 Å². The number of carbonyl (C=O) groups is 1. The quantitative estimate of drug-likeness (QED) is 0.526. The normalized spacial score (nSPS) is 12.8. The molecule has 1 unspecified atom stereocenters. The fourth-order valence-corrected chi connectivity index (χ4v) is 3.19. The summed E-state index contributed by atoms with van der Waals surface area (Å²) in [4.78, 5) is 20.7. The van der Waals surface area contributed by atoms with Crippen LogP contribution in [0.5, 0.6) is 0 Å². The Morgan fingerprint density at radius 1 is 1.08 bits per heavy atom. The molecule has 0 radical (unpaired) electrons. The average molecular weight is 377 g/mol. The number of anilines is 1. The second kappa shape index (κ2) is 7.33. The van der Waals surface area contributed by atoms with Crippen LogP contribution in [0.2, 0.25) is 0 Å². The van der Waals surface area contributed by atoms with E-state index in [2.05, 4.69) is 15.3 Å². The highest BCUT2D eigenvalue weighted by atomic mass is 32.2. The molecule has 2 aromatic carbocycles. The summed E-state index contributed by atoms with van der Waals surface area (Å²) in [5, 5.41) is 3.64. The SMILES string of the molecule is CC(Sc1ncnc2ccccc12)C(=O)Nc1ccc(C(F)(F)F)cc1. The van der Waals surface area contributed by atoms with E-state index >= 15 is 0 Å². The summed E-state index contributed by atoms with van der Waals surface area (Å²) in [5.74, 6) is -0.322. The molecule has 8 heteroatoms. The van der Waals surface area contributed by atoms with Crippen LogP contribution >= 0.6 is 11.8 Å². The van der Waals surface area contributed by atoms with E-state index in [1.165, 1.54) is 30.2 Å². The van der Waals surface area contributed by atoms with E-state index in [9.17, 15) is 18.0 Å². The van der Waals surface area contributed by atoms with E-state index in [0.29, 0.717) is 10.7 Å². The molecule has 1 heterocycles. The number of hydrogen-bond acceptors (Lipinski definition) is 4. The van der Waals surface area contributed by atoms with Gasteiger partial charge in [-0.05, 0) is 37.3 Å². The highest BCUT2D eigenvalue weighted by Gasteiger charge is 2.30. The molecule has 1 atom stereocenters. The molecule has 0 spiro atoms. The molecule has 134 valence electrons. The standard InChI is InChI=1S/C18H14F3N3OS/c1-11(26-17-14-4-2-3-5-15(14)22-10-23-17)16(25)24-13-8-6-12(7-9-13)18(19,20)21/h2-11H,1H3,(H,24,25). The van der Waals surface area contributed by atoms with E-state index in [1.54, 1.807) is 6.92 Å². The highest BCUT2D eigenvalue weighted by molar-refractivity contribution is 8.00. The second-order valence-corrected chi connectivity index (χ2v) is 6.85. The van der Waals surface area contributed by atoms with Crippen molar-refractivity contribution < 1.29 is 18.0 Å². The summed E-state index contributed by atoms with van der Waals surface area (Å²) in [6, 6.07) is 11.8. The topological polar surface area (TPSA) is 54.9 Å². The molecule has 0 saturated heterocycles. The first kappa shape index (κ1) is 18.2. The summed E-state index contributed by atoms with van der Waals surface area (Å²) < 4.78 is 37.7. The smallest absolute Gasteiger partial charge is 0.325 e. The molecule has 1 amide bonds. The van der Waals surface area contributed by atoms with E-state index in [1.807, 2.05) is 24.3 Å². The number of alkyl halides is 3. The molecule has 0 aliphatic carbocycles. The number of nitrogens with zero attached hydrogens (tertiary/aromatic N) is 2. The van der Waals surface area contributed by atoms with Gasteiger partial charge < -0.3 is 5.32 Å². The molecule has 0 aliphatic heterocycles. The van der Waals surface area contributed by atoms with Gasteiger partial charge >= 0.3 is 6.18 Å². The maximum absolute atomic E-state index is 12.6. The monoisotopic (exact) mass is 377 g/mol. The zero-order chi connectivity index (χ0) is 18.7. The number of halogens is 3. The van der Waals surface area contributed by atoms with Gasteiger partial charge in [-0.15, -0.1) is 0 Å². The van der Waals surface area contributed by atoms with Gasteiger partial charge in [0.05, 0.1) is 16.3 Å². The Hall–Kier alpha value is -2.61. The van der Waals surface area contributed by atoms with E-state index in [0.717, 1.165) is 23.0 Å². The van der Waals surface area contributed by atoms with Crippen LogP contribution in [-0.4, -0.2) is 21.1 Å². The summed E-state index contributed by atoms with van der Waals surface area (Å²) in [6.45, 7) is 1.71. The Morgan fingerprint density at radius 2 is 1.77 bits per heavy atom. The van der Waals surface area contributed by atoms with Crippen LogP contribution in [-0.2, 0) is 11.0 Å². The van der Waals surface area contributed by atoms with Crippen LogP contribution in [0.3, 0.4) is 0 Å². The third kappa shape index (κ3) is 4.13. The zero-order valence-electron chi connectivity index (χ0n) is 13.6. The van der Waals surface area contributed by atoms with Gasteiger partial charge in [-0.25, -0.2) is 9.97 Å². The molecular weight excluding hydrogens is 363 g/mol. The molecule has 1 N–H and O–H groups in total. The molecule has 3 rings (SSSR count). The minimum atomic E-state index is -4.40. The van der Waals surface area contributed by atoms with Gasteiger partial charge in [0.2, 0.25) is 5.91 Å². The molecule has 0 fully saturated rings. The number of amides is 1. The minimum Gasteiger partial charge on any atom is -0.325 e. The molecule has 1 aromatic heterocycles. The van der Waals surface area contributed by atoms with Gasteiger partial charge in [0.15, 0.2) is 0 Å². The van der Waals surface area contributed by atoms with Gasteiger partial charge in [0.25, 0.3) is 0 Å². The third-order valence-electron chi connectivity index (χ3n) is 3.64. The number of aromatic nitrogens is 2. The molecule has 4 nitrogen and oxygen atoms in total. The first-order valence-corrected chi connectivity index (χ1v) is 8.57. The Balaban J connectivity index is 1.70. The number of fused-ring (bicyclic) bond motifs is 1. The number of thioether (sulfide) groups is 1.